The fourth-order valence-electron chi connectivity index (χ4n) is 5.58. The molecular weight excluding hydrogens is 502 g/mol. The minimum Gasteiger partial charge on any atom is -0.385 e. The van der Waals surface area contributed by atoms with E-state index in [1.165, 1.54) is 162 Å². The molecule has 0 aliphatic carbocycles. The van der Waals surface area contributed by atoms with Crippen LogP contribution in [0.3, 0.4) is 0 Å². The van der Waals surface area contributed by atoms with Crippen LogP contribution in [0.15, 0.2) is 47.4 Å². The summed E-state index contributed by atoms with van der Waals surface area (Å²) < 4.78 is 0. The first-order valence-corrected chi connectivity index (χ1v) is 18.3. The Balaban J connectivity index is 1.52. The smallest absolute Gasteiger partial charge is 0.0370 e. The third kappa shape index (κ3) is 17.4. The standard InChI is InChI=1S/C38H63NS/c1-4-6-8-10-12-14-16-18-20-22-24-35-25-28-37(29-26-35)40-33-36-27-30-38(34(3)32-36)39-31-23-21-19-17-15-13-11-9-7-5-2/h25-30,32,39H,4-24,31,33H2,1-3H3. The monoisotopic (exact) mass is 565 g/mol. The summed E-state index contributed by atoms with van der Waals surface area (Å²) in [5.74, 6) is 1.04. The molecule has 0 saturated carbocycles. The number of aryl methyl sites for hydroxylation is 2. The molecular formula is C38H63NS. The van der Waals surface area contributed by atoms with E-state index in [-0.39, 0.29) is 0 Å². The van der Waals surface area contributed by atoms with Crippen molar-refractivity contribution in [1.82, 2.24) is 0 Å². The number of nitrogens with one attached hydrogen (secondary N) is 1. The van der Waals surface area contributed by atoms with E-state index in [0.29, 0.717) is 0 Å². The molecule has 1 nitrogen and oxygen atoms in total. The van der Waals surface area contributed by atoms with Crippen molar-refractivity contribution in [1.29, 1.82) is 0 Å². The zero-order chi connectivity index (χ0) is 28.5. The summed E-state index contributed by atoms with van der Waals surface area (Å²) in [5.41, 5.74) is 5.59. The van der Waals surface area contributed by atoms with Gasteiger partial charge in [-0.1, -0.05) is 154 Å². The molecule has 0 aromatic heterocycles. The third-order valence-corrected chi connectivity index (χ3v) is 9.37. The van der Waals surface area contributed by atoms with Crippen LogP contribution in [0, 0.1) is 6.92 Å². The minimum absolute atomic E-state index is 1.04. The fourth-order valence-corrected chi connectivity index (χ4v) is 6.43. The predicted molar refractivity (Wildman–Crippen MR) is 183 cm³/mol. The van der Waals surface area contributed by atoms with E-state index < -0.39 is 0 Å². The molecule has 1 N–H and O–H groups in total. The first kappa shape index (κ1) is 34.8. The highest BCUT2D eigenvalue weighted by Gasteiger charge is 2.03. The van der Waals surface area contributed by atoms with Gasteiger partial charge in [0.1, 0.15) is 0 Å². The van der Waals surface area contributed by atoms with E-state index in [1.54, 1.807) is 0 Å². The average Bonchev–Trinajstić information content (AvgIpc) is 2.97. The number of benzene rings is 2. The summed E-state index contributed by atoms with van der Waals surface area (Å²) in [7, 11) is 0. The molecule has 0 unspecified atom stereocenters. The summed E-state index contributed by atoms with van der Waals surface area (Å²) in [5, 5.41) is 3.68. The van der Waals surface area contributed by atoms with Gasteiger partial charge in [0.25, 0.3) is 0 Å². The van der Waals surface area contributed by atoms with Gasteiger partial charge in [0.05, 0.1) is 0 Å². The number of rotatable bonds is 26. The molecule has 40 heavy (non-hydrogen) atoms. The maximum absolute atomic E-state index is 3.68. The molecule has 0 heterocycles. The maximum atomic E-state index is 3.68. The Morgan fingerprint density at radius 2 is 1.00 bits per heavy atom. The largest absolute Gasteiger partial charge is 0.385 e. The second-order valence-electron chi connectivity index (χ2n) is 12.1. The molecule has 0 amide bonds. The normalized spacial score (nSPS) is 11.3. The van der Waals surface area contributed by atoms with Crippen LogP contribution in [0.5, 0.6) is 0 Å². The van der Waals surface area contributed by atoms with Crippen molar-refractivity contribution in [3.8, 4) is 0 Å². The molecule has 0 aliphatic rings. The Morgan fingerprint density at radius 3 is 1.52 bits per heavy atom. The van der Waals surface area contributed by atoms with Gasteiger partial charge in [-0.05, 0) is 61.1 Å². The van der Waals surface area contributed by atoms with Crippen molar-refractivity contribution in [3.05, 3.63) is 59.2 Å². The van der Waals surface area contributed by atoms with Gasteiger partial charge in [-0.3, -0.25) is 0 Å². The fraction of sp³-hybridized carbons (Fsp3) is 0.684. The SMILES string of the molecule is CCCCCCCCCCCCNc1ccc(CSc2ccc(CCCCCCCCCCCC)cc2)cc1C. The Kier molecular flexibility index (Phi) is 21.1. The van der Waals surface area contributed by atoms with Crippen LogP contribution >= 0.6 is 11.8 Å². The molecule has 0 saturated heterocycles. The number of anilines is 1. The van der Waals surface area contributed by atoms with Crippen LogP contribution in [0.2, 0.25) is 0 Å². The number of hydrogen-bond donors (Lipinski definition) is 1. The molecule has 0 bridgehead atoms. The van der Waals surface area contributed by atoms with Gasteiger partial charge in [0.15, 0.2) is 0 Å². The second-order valence-corrected chi connectivity index (χ2v) is 13.2. The molecule has 0 aliphatic heterocycles. The van der Waals surface area contributed by atoms with Gasteiger partial charge in [-0.2, -0.15) is 0 Å². The lowest BCUT2D eigenvalue weighted by molar-refractivity contribution is 0.556. The molecule has 2 rings (SSSR count). The quantitative estimate of drug-likeness (QED) is 0.0899. The van der Waals surface area contributed by atoms with Crippen molar-refractivity contribution in [2.75, 3.05) is 11.9 Å². The molecule has 0 spiro atoms. The third-order valence-electron chi connectivity index (χ3n) is 8.28. The van der Waals surface area contributed by atoms with Crippen LogP contribution < -0.4 is 5.32 Å². The molecule has 2 heteroatoms. The van der Waals surface area contributed by atoms with Crippen LogP contribution in [0.25, 0.3) is 0 Å². The van der Waals surface area contributed by atoms with E-state index in [9.17, 15) is 0 Å². The maximum Gasteiger partial charge on any atom is 0.0370 e. The van der Waals surface area contributed by atoms with Crippen LogP contribution in [0.1, 0.15) is 159 Å². The van der Waals surface area contributed by atoms with E-state index in [0.717, 1.165) is 12.3 Å². The van der Waals surface area contributed by atoms with Gasteiger partial charge in [-0.15, -0.1) is 11.8 Å². The van der Waals surface area contributed by atoms with Gasteiger partial charge in [-0.25, -0.2) is 0 Å². The van der Waals surface area contributed by atoms with Crippen molar-refractivity contribution in [3.63, 3.8) is 0 Å². The molecule has 0 radical (unpaired) electrons. The van der Waals surface area contributed by atoms with E-state index in [4.69, 9.17) is 0 Å². The Bertz CT molecular complexity index is 843. The van der Waals surface area contributed by atoms with Crippen molar-refractivity contribution in [2.45, 2.75) is 166 Å². The Labute approximate surface area is 254 Å². The Hall–Kier alpha value is -1.41. The predicted octanol–water partition coefficient (Wildman–Crippen LogP) is 13.1. The summed E-state index contributed by atoms with van der Waals surface area (Å²) >= 11 is 1.96. The Morgan fingerprint density at radius 1 is 0.525 bits per heavy atom. The van der Waals surface area contributed by atoms with Crippen molar-refractivity contribution >= 4 is 17.4 Å². The summed E-state index contributed by atoms with van der Waals surface area (Å²) in [6.07, 6.45) is 29.3. The lowest BCUT2D eigenvalue weighted by Gasteiger charge is -2.11. The second kappa shape index (κ2) is 24.2. The first-order chi connectivity index (χ1) is 19.7. The number of unbranched alkanes of at least 4 members (excludes halogenated alkanes) is 18. The zero-order valence-corrected chi connectivity index (χ0v) is 27.5. The van der Waals surface area contributed by atoms with Gasteiger partial charge in [0.2, 0.25) is 0 Å². The van der Waals surface area contributed by atoms with Crippen molar-refractivity contribution < 1.29 is 0 Å². The summed E-state index contributed by atoms with van der Waals surface area (Å²) in [4.78, 5) is 1.38. The summed E-state index contributed by atoms with van der Waals surface area (Å²) in [6.45, 7) is 7.93. The average molecular weight is 566 g/mol. The molecule has 226 valence electrons. The molecule has 0 atom stereocenters. The summed E-state index contributed by atoms with van der Waals surface area (Å²) in [6, 6.07) is 16.3. The van der Waals surface area contributed by atoms with Crippen LogP contribution in [-0.4, -0.2) is 6.54 Å². The van der Waals surface area contributed by atoms with Crippen molar-refractivity contribution in [2.24, 2.45) is 0 Å². The molecule has 2 aromatic carbocycles. The van der Waals surface area contributed by atoms with E-state index in [1.807, 2.05) is 11.8 Å². The number of thioether (sulfide) groups is 1. The van der Waals surface area contributed by atoms with Gasteiger partial charge >= 0.3 is 0 Å². The lowest BCUT2D eigenvalue weighted by Crippen LogP contribution is -2.03. The highest BCUT2D eigenvalue weighted by Crippen LogP contribution is 2.26. The number of hydrogen-bond acceptors (Lipinski definition) is 2. The van der Waals surface area contributed by atoms with E-state index >= 15 is 0 Å². The zero-order valence-electron chi connectivity index (χ0n) is 26.7. The molecule has 2 aromatic rings. The van der Waals surface area contributed by atoms with Gasteiger partial charge < -0.3 is 5.32 Å². The topological polar surface area (TPSA) is 12.0 Å². The van der Waals surface area contributed by atoms with Crippen LogP contribution in [-0.2, 0) is 12.2 Å². The minimum atomic E-state index is 1.04. The molecule has 0 fully saturated rings. The first-order valence-electron chi connectivity index (χ1n) is 17.3. The van der Waals surface area contributed by atoms with Gasteiger partial charge in [0, 0.05) is 22.9 Å². The highest BCUT2D eigenvalue weighted by molar-refractivity contribution is 7.98. The lowest BCUT2D eigenvalue weighted by atomic mass is 10.0. The van der Waals surface area contributed by atoms with E-state index in [2.05, 4.69) is 68.6 Å². The highest BCUT2D eigenvalue weighted by atomic mass is 32.2. The van der Waals surface area contributed by atoms with Crippen LogP contribution in [0.4, 0.5) is 5.69 Å².